The van der Waals surface area contributed by atoms with E-state index >= 15 is 0 Å². The summed E-state index contributed by atoms with van der Waals surface area (Å²) in [6.07, 6.45) is 4.49. The van der Waals surface area contributed by atoms with Crippen molar-refractivity contribution in [3.63, 3.8) is 0 Å². The molecule has 0 aliphatic rings. The number of halogens is 1. The van der Waals surface area contributed by atoms with Crippen molar-refractivity contribution in [3.05, 3.63) is 77.2 Å². The molecule has 1 heterocycles. The van der Waals surface area contributed by atoms with E-state index in [1.807, 2.05) is 0 Å². The Morgan fingerprint density at radius 1 is 1.04 bits per heavy atom. The highest BCUT2D eigenvalue weighted by atomic mass is 35.5. The second-order valence-corrected chi connectivity index (χ2v) is 6.89. The highest BCUT2D eigenvalue weighted by molar-refractivity contribution is 7.95. The fourth-order valence-electron chi connectivity index (χ4n) is 1.96. The SMILES string of the molecule is O=S(=O)(/C=C/c1ccc(Cl)cc1)Nc1ccc(-n2cncn2)cc1. The number of nitrogens with one attached hydrogen (secondary N) is 1. The van der Waals surface area contributed by atoms with Crippen molar-refractivity contribution < 1.29 is 8.42 Å². The number of anilines is 1. The third-order valence-corrected chi connectivity index (χ3v) is 4.39. The third-order valence-electron chi connectivity index (χ3n) is 3.12. The van der Waals surface area contributed by atoms with E-state index in [9.17, 15) is 8.42 Å². The van der Waals surface area contributed by atoms with E-state index in [0.717, 1.165) is 16.7 Å². The zero-order valence-corrected chi connectivity index (χ0v) is 13.9. The molecule has 0 bridgehead atoms. The summed E-state index contributed by atoms with van der Waals surface area (Å²) in [6.45, 7) is 0. The van der Waals surface area contributed by atoms with Crippen LogP contribution < -0.4 is 4.72 Å². The average Bonchev–Trinajstić information content (AvgIpc) is 3.09. The normalized spacial score (nSPS) is 11.7. The van der Waals surface area contributed by atoms with Crippen LogP contribution in [0.1, 0.15) is 5.56 Å². The monoisotopic (exact) mass is 360 g/mol. The summed E-state index contributed by atoms with van der Waals surface area (Å²) < 4.78 is 28.3. The van der Waals surface area contributed by atoms with Crippen molar-refractivity contribution in [2.75, 3.05) is 4.72 Å². The molecule has 0 unspecified atom stereocenters. The highest BCUT2D eigenvalue weighted by Crippen LogP contribution is 2.15. The van der Waals surface area contributed by atoms with E-state index in [1.165, 1.54) is 12.4 Å². The molecule has 1 N–H and O–H groups in total. The van der Waals surface area contributed by atoms with E-state index < -0.39 is 10.0 Å². The molecule has 122 valence electrons. The second kappa shape index (κ2) is 6.86. The molecule has 1 aromatic heterocycles. The molecule has 0 amide bonds. The Labute approximate surface area is 144 Å². The molecule has 0 radical (unpaired) electrons. The summed E-state index contributed by atoms with van der Waals surface area (Å²) in [5.74, 6) is 0. The molecule has 2 aromatic carbocycles. The van der Waals surface area contributed by atoms with Crippen molar-refractivity contribution in [1.82, 2.24) is 14.8 Å². The minimum absolute atomic E-state index is 0.458. The molecule has 0 aliphatic carbocycles. The molecule has 3 aromatic rings. The summed E-state index contributed by atoms with van der Waals surface area (Å²) in [5, 5.41) is 5.72. The molecule has 3 rings (SSSR count). The van der Waals surface area contributed by atoms with Gasteiger partial charge in [0.2, 0.25) is 0 Å². The van der Waals surface area contributed by atoms with Gasteiger partial charge >= 0.3 is 0 Å². The molecule has 0 atom stereocenters. The molecule has 0 aliphatic heterocycles. The lowest BCUT2D eigenvalue weighted by Gasteiger charge is -2.06. The summed E-state index contributed by atoms with van der Waals surface area (Å²) in [6, 6.07) is 13.7. The molecule has 0 fully saturated rings. The van der Waals surface area contributed by atoms with E-state index in [2.05, 4.69) is 14.8 Å². The quantitative estimate of drug-likeness (QED) is 0.757. The number of sulfonamides is 1. The number of benzene rings is 2. The van der Waals surface area contributed by atoms with E-state index in [4.69, 9.17) is 11.6 Å². The lowest BCUT2D eigenvalue weighted by Crippen LogP contribution is -2.08. The Bertz CT molecular complexity index is 935. The standard InChI is InChI=1S/C16H13ClN4O2S/c17-14-3-1-13(2-4-14)9-10-24(22,23)20-15-5-7-16(8-6-15)21-12-18-11-19-21/h1-12,20H/b10-9+. The van der Waals surface area contributed by atoms with Crippen LogP contribution >= 0.6 is 11.6 Å². The molecule has 0 saturated carbocycles. The molecule has 6 nitrogen and oxygen atoms in total. The van der Waals surface area contributed by atoms with Gasteiger partial charge in [-0.1, -0.05) is 23.7 Å². The molecular formula is C16H13ClN4O2S. The second-order valence-electron chi connectivity index (χ2n) is 4.89. The zero-order valence-electron chi connectivity index (χ0n) is 12.4. The van der Waals surface area contributed by atoms with E-state index in [0.29, 0.717) is 10.7 Å². The van der Waals surface area contributed by atoms with Crippen molar-refractivity contribution in [2.24, 2.45) is 0 Å². The van der Waals surface area contributed by atoms with Gasteiger partial charge in [0.1, 0.15) is 12.7 Å². The summed E-state index contributed by atoms with van der Waals surface area (Å²) in [4.78, 5) is 3.86. The number of rotatable bonds is 5. The number of hydrogen-bond acceptors (Lipinski definition) is 4. The van der Waals surface area contributed by atoms with Gasteiger partial charge in [-0.3, -0.25) is 4.72 Å². The van der Waals surface area contributed by atoms with Crippen molar-refractivity contribution in [2.45, 2.75) is 0 Å². The largest absolute Gasteiger partial charge is 0.280 e. The minimum Gasteiger partial charge on any atom is -0.280 e. The van der Waals surface area contributed by atoms with Gasteiger partial charge in [0.05, 0.1) is 11.1 Å². The first-order valence-electron chi connectivity index (χ1n) is 6.93. The van der Waals surface area contributed by atoms with Crippen LogP contribution in [-0.2, 0) is 10.0 Å². The number of hydrogen-bond donors (Lipinski definition) is 1. The first-order chi connectivity index (χ1) is 11.5. The van der Waals surface area contributed by atoms with Crippen LogP contribution in [0.25, 0.3) is 11.8 Å². The number of aromatic nitrogens is 3. The van der Waals surface area contributed by atoms with Crippen LogP contribution in [0.15, 0.2) is 66.6 Å². The van der Waals surface area contributed by atoms with Gasteiger partial charge < -0.3 is 0 Å². The highest BCUT2D eigenvalue weighted by Gasteiger charge is 2.06. The molecule has 0 spiro atoms. The number of nitrogens with zero attached hydrogens (tertiary/aromatic N) is 3. The first kappa shape index (κ1) is 16.2. The zero-order chi connectivity index (χ0) is 17.0. The van der Waals surface area contributed by atoms with Crippen LogP contribution in [0.2, 0.25) is 5.02 Å². The fraction of sp³-hybridized carbons (Fsp3) is 0. The molecule has 24 heavy (non-hydrogen) atoms. The third kappa shape index (κ3) is 4.21. The molecular weight excluding hydrogens is 348 g/mol. The predicted molar refractivity (Wildman–Crippen MR) is 94.4 cm³/mol. The molecule has 0 saturated heterocycles. The lowest BCUT2D eigenvalue weighted by molar-refractivity contribution is 0.609. The Hall–Kier alpha value is -2.64. The van der Waals surface area contributed by atoms with Gasteiger partial charge in [-0.2, -0.15) is 5.10 Å². The van der Waals surface area contributed by atoms with Crippen LogP contribution in [-0.4, -0.2) is 23.2 Å². The smallest absolute Gasteiger partial charge is 0.255 e. The maximum Gasteiger partial charge on any atom is 0.255 e. The summed E-state index contributed by atoms with van der Waals surface area (Å²) >= 11 is 5.79. The van der Waals surface area contributed by atoms with Crippen LogP contribution in [0.3, 0.4) is 0 Å². The summed E-state index contributed by atoms with van der Waals surface area (Å²) in [7, 11) is -3.61. The topological polar surface area (TPSA) is 76.9 Å². The first-order valence-corrected chi connectivity index (χ1v) is 8.86. The van der Waals surface area contributed by atoms with Gasteiger partial charge in [0, 0.05) is 10.7 Å². The van der Waals surface area contributed by atoms with Crippen LogP contribution in [0.4, 0.5) is 5.69 Å². The van der Waals surface area contributed by atoms with Gasteiger partial charge in [0.25, 0.3) is 10.0 Å². The van der Waals surface area contributed by atoms with E-state index in [-0.39, 0.29) is 0 Å². The van der Waals surface area contributed by atoms with Gasteiger partial charge in [-0.15, -0.1) is 0 Å². The predicted octanol–water partition coefficient (Wildman–Crippen LogP) is 3.33. The van der Waals surface area contributed by atoms with Gasteiger partial charge in [0.15, 0.2) is 0 Å². The Kier molecular flexibility index (Phi) is 4.64. The lowest BCUT2D eigenvalue weighted by atomic mass is 10.2. The van der Waals surface area contributed by atoms with E-state index in [1.54, 1.807) is 59.5 Å². The summed E-state index contributed by atoms with van der Waals surface area (Å²) in [5.41, 5.74) is 1.98. The maximum absolute atomic E-state index is 12.1. The Morgan fingerprint density at radius 3 is 2.38 bits per heavy atom. The Morgan fingerprint density at radius 2 is 1.75 bits per heavy atom. The Balaban J connectivity index is 1.71. The maximum atomic E-state index is 12.1. The average molecular weight is 361 g/mol. The fourth-order valence-corrected chi connectivity index (χ4v) is 2.96. The van der Waals surface area contributed by atoms with Crippen molar-refractivity contribution >= 4 is 33.4 Å². The minimum atomic E-state index is -3.61. The van der Waals surface area contributed by atoms with Crippen molar-refractivity contribution in [1.29, 1.82) is 0 Å². The van der Waals surface area contributed by atoms with Crippen LogP contribution in [0.5, 0.6) is 0 Å². The van der Waals surface area contributed by atoms with Crippen LogP contribution in [0, 0.1) is 0 Å². The van der Waals surface area contributed by atoms with Gasteiger partial charge in [-0.05, 0) is 48.0 Å². The van der Waals surface area contributed by atoms with Crippen molar-refractivity contribution in [3.8, 4) is 5.69 Å². The molecule has 8 heteroatoms. The van der Waals surface area contributed by atoms with Gasteiger partial charge in [-0.25, -0.2) is 18.1 Å².